The molecule has 0 aliphatic heterocycles. The highest BCUT2D eigenvalue weighted by Gasteiger charge is 2.15. The second-order valence-corrected chi connectivity index (χ2v) is 8.60. The van der Waals surface area contributed by atoms with E-state index in [1.165, 1.54) is 0 Å². The highest BCUT2D eigenvalue weighted by molar-refractivity contribution is 5.85. The third-order valence-corrected chi connectivity index (χ3v) is 6.66. The van der Waals surface area contributed by atoms with E-state index in [4.69, 9.17) is 0 Å². The van der Waals surface area contributed by atoms with Gasteiger partial charge in [-0.3, -0.25) is 18.4 Å². The van der Waals surface area contributed by atoms with Crippen LogP contribution >= 0.6 is 0 Å². The maximum absolute atomic E-state index is 11.2. The molecule has 6 rings (SSSR count). The van der Waals surface area contributed by atoms with Crippen molar-refractivity contribution in [3.63, 3.8) is 0 Å². The molecule has 0 amide bonds. The van der Waals surface area contributed by atoms with Gasteiger partial charge in [-0.1, -0.05) is 36.4 Å². The first-order valence-corrected chi connectivity index (χ1v) is 11.4. The zero-order valence-electron chi connectivity index (χ0n) is 19.6. The van der Waals surface area contributed by atoms with Gasteiger partial charge in [-0.15, -0.1) is 20.4 Å². The monoisotopic (exact) mass is 472 g/mol. The summed E-state index contributed by atoms with van der Waals surface area (Å²) in [5.74, 6) is 0.558. The summed E-state index contributed by atoms with van der Waals surface area (Å²) in [6.07, 6.45) is 5.04. The summed E-state index contributed by atoms with van der Waals surface area (Å²) in [7, 11) is 0. The molecule has 4 aromatic heterocycles. The van der Waals surface area contributed by atoms with Crippen molar-refractivity contribution in [3.05, 3.63) is 95.8 Å². The molecule has 0 spiro atoms. The standard InChI is InChI=1S/C28H20N6O2/c1-17-21(19-9-11-33-25(13-19)29-31-27(33)15-35)5-3-7-23(17)24-8-4-6-22(18(24)2)20-10-12-34-26(14-20)30-32-28(34)16-36/h3-16H,1-2H3. The summed E-state index contributed by atoms with van der Waals surface area (Å²) in [6, 6.07) is 20.4. The first-order chi connectivity index (χ1) is 17.6. The summed E-state index contributed by atoms with van der Waals surface area (Å²) in [5, 5.41) is 16.1. The maximum Gasteiger partial charge on any atom is 0.201 e. The van der Waals surface area contributed by atoms with Crippen LogP contribution in [0.15, 0.2) is 73.1 Å². The van der Waals surface area contributed by atoms with E-state index in [9.17, 15) is 9.59 Å². The van der Waals surface area contributed by atoms with Crippen LogP contribution in [0, 0.1) is 13.8 Å². The molecule has 4 heterocycles. The summed E-state index contributed by atoms with van der Waals surface area (Å²) < 4.78 is 3.35. The van der Waals surface area contributed by atoms with Crippen LogP contribution in [0.2, 0.25) is 0 Å². The van der Waals surface area contributed by atoms with E-state index >= 15 is 0 Å². The molecule has 0 N–H and O–H groups in total. The van der Waals surface area contributed by atoms with Crippen LogP contribution in [0.25, 0.3) is 44.7 Å². The van der Waals surface area contributed by atoms with Crippen molar-refractivity contribution in [2.45, 2.75) is 13.8 Å². The third-order valence-electron chi connectivity index (χ3n) is 6.66. The zero-order valence-corrected chi connectivity index (χ0v) is 19.6. The lowest BCUT2D eigenvalue weighted by Crippen LogP contribution is -1.95. The quantitative estimate of drug-likeness (QED) is 0.327. The highest BCUT2D eigenvalue weighted by atomic mass is 16.1. The summed E-state index contributed by atoms with van der Waals surface area (Å²) in [5.41, 5.74) is 9.97. The van der Waals surface area contributed by atoms with E-state index in [1.54, 1.807) is 8.80 Å². The van der Waals surface area contributed by atoms with E-state index in [0.29, 0.717) is 23.9 Å². The Balaban J connectivity index is 1.45. The smallest absolute Gasteiger partial charge is 0.201 e. The molecule has 8 heteroatoms. The first-order valence-electron chi connectivity index (χ1n) is 11.4. The number of aromatic nitrogens is 6. The molecule has 36 heavy (non-hydrogen) atoms. The number of benzene rings is 2. The van der Waals surface area contributed by atoms with Gasteiger partial charge in [0.05, 0.1) is 0 Å². The molecule has 0 fully saturated rings. The molecular weight excluding hydrogens is 452 g/mol. The second-order valence-electron chi connectivity index (χ2n) is 8.60. The van der Waals surface area contributed by atoms with Crippen LogP contribution < -0.4 is 0 Å². The Morgan fingerprint density at radius 1 is 0.583 bits per heavy atom. The van der Waals surface area contributed by atoms with Crippen molar-refractivity contribution in [1.29, 1.82) is 0 Å². The van der Waals surface area contributed by atoms with Crippen molar-refractivity contribution in [1.82, 2.24) is 29.2 Å². The molecule has 0 aliphatic carbocycles. The zero-order chi connectivity index (χ0) is 24.8. The number of rotatable bonds is 5. The minimum absolute atomic E-state index is 0.279. The summed E-state index contributed by atoms with van der Waals surface area (Å²) >= 11 is 0. The van der Waals surface area contributed by atoms with Crippen molar-refractivity contribution in [3.8, 4) is 33.4 Å². The van der Waals surface area contributed by atoms with Crippen LogP contribution in [0.1, 0.15) is 32.4 Å². The molecule has 0 saturated heterocycles. The minimum atomic E-state index is 0.279. The molecule has 0 aliphatic rings. The van der Waals surface area contributed by atoms with Crippen LogP contribution in [0.4, 0.5) is 0 Å². The lowest BCUT2D eigenvalue weighted by atomic mass is 9.88. The Morgan fingerprint density at radius 2 is 1.00 bits per heavy atom. The Morgan fingerprint density at radius 3 is 1.42 bits per heavy atom. The summed E-state index contributed by atoms with van der Waals surface area (Å²) in [6.45, 7) is 4.23. The molecule has 2 aromatic carbocycles. The van der Waals surface area contributed by atoms with Crippen LogP contribution in [0.3, 0.4) is 0 Å². The highest BCUT2D eigenvalue weighted by Crippen LogP contribution is 2.37. The van der Waals surface area contributed by atoms with Gasteiger partial charge < -0.3 is 0 Å². The molecule has 0 radical (unpaired) electrons. The third kappa shape index (κ3) is 3.31. The predicted octanol–water partition coefficient (Wildman–Crippen LogP) is 5.01. The Bertz CT molecular complexity index is 1680. The van der Waals surface area contributed by atoms with Gasteiger partial charge in [-0.25, -0.2) is 0 Å². The van der Waals surface area contributed by atoms with Gasteiger partial charge in [0, 0.05) is 12.4 Å². The van der Waals surface area contributed by atoms with Crippen LogP contribution in [-0.2, 0) is 0 Å². The number of hydrogen-bond acceptors (Lipinski definition) is 6. The van der Waals surface area contributed by atoms with Gasteiger partial charge in [-0.2, -0.15) is 0 Å². The number of carbonyl (C=O) groups excluding carboxylic acids is 2. The van der Waals surface area contributed by atoms with E-state index in [0.717, 1.165) is 44.5 Å². The number of carbonyl (C=O) groups is 2. The van der Waals surface area contributed by atoms with Crippen molar-refractivity contribution < 1.29 is 9.59 Å². The summed E-state index contributed by atoms with van der Waals surface area (Å²) in [4.78, 5) is 22.4. The molecule has 0 atom stereocenters. The first kappa shape index (κ1) is 21.5. The molecule has 6 aromatic rings. The van der Waals surface area contributed by atoms with Gasteiger partial charge in [0.15, 0.2) is 23.9 Å². The van der Waals surface area contributed by atoms with Gasteiger partial charge in [0.1, 0.15) is 0 Å². The fourth-order valence-electron chi connectivity index (χ4n) is 4.79. The molecule has 0 saturated carbocycles. The molecule has 174 valence electrons. The fraction of sp³-hybridized carbons (Fsp3) is 0.0714. The van der Waals surface area contributed by atoms with Gasteiger partial charge in [-0.05, 0) is 82.6 Å². The van der Waals surface area contributed by atoms with Gasteiger partial charge in [0.2, 0.25) is 11.6 Å². The number of pyridine rings is 2. The fourth-order valence-corrected chi connectivity index (χ4v) is 4.79. The van der Waals surface area contributed by atoms with Crippen molar-refractivity contribution in [2.75, 3.05) is 0 Å². The number of hydrogen-bond donors (Lipinski definition) is 0. The van der Waals surface area contributed by atoms with Crippen LogP contribution in [0.5, 0.6) is 0 Å². The number of aldehydes is 2. The SMILES string of the molecule is Cc1c(-c2ccn3c(C=O)nnc3c2)cccc1-c1cccc(-c2ccn3c(C=O)nnc3c2)c1C. The van der Waals surface area contributed by atoms with E-state index in [2.05, 4.69) is 70.6 Å². The topological polar surface area (TPSA) is 94.5 Å². The molecule has 8 nitrogen and oxygen atoms in total. The van der Waals surface area contributed by atoms with E-state index in [1.807, 2.05) is 36.7 Å². The normalized spacial score (nSPS) is 11.3. The average molecular weight is 473 g/mol. The lowest BCUT2D eigenvalue weighted by molar-refractivity contribution is 0.110. The molecular formula is C28H20N6O2. The Kier molecular flexibility index (Phi) is 5.00. The van der Waals surface area contributed by atoms with E-state index < -0.39 is 0 Å². The van der Waals surface area contributed by atoms with Crippen LogP contribution in [-0.4, -0.2) is 41.8 Å². The largest absolute Gasteiger partial charge is 0.294 e. The minimum Gasteiger partial charge on any atom is -0.294 e. The predicted molar refractivity (Wildman–Crippen MR) is 136 cm³/mol. The number of fused-ring (bicyclic) bond motifs is 2. The number of nitrogens with zero attached hydrogens (tertiary/aromatic N) is 6. The van der Waals surface area contributed by atoms with Gasteiger partial charge in [0.25, 0.3) is 0 Å². The Hall–Kier alpha value is -4.98. The lowest BCUT2D eigenvalue weighted by Gasteiger charge is -2.16. The average Bonchev–Trinajstić information content (AvgIpc) is 3.52. The maximum atomic E-state index is 11.2. The van der Waals surface area contributed by atoms with Gasteiger partial charge >= 0.3 is 0 Å². The van der Waals surface area contributed by atoms with Crippen molar-refractivity contribution >= 4 is 23.9 Å². The molecule has 0 unspecified atom stereocenters. The van der Waals surface area contributed by atoms with Crippen molar-refractivity contribution in [2.24, 2.45) is 0 Å². The second kappa shape index (κ2) is 8.35. The Labute approximate surface area is 205 Å². The molecule has 0 bridgehead atoms. The van der Waals surface area contributed by atoms with E-state index in [-0.39, 0.29) is 11.6 Å².